The molecule has 0 saturated carbocycles. The molecule has 1 rings (SSSR count). The molecule has 0 spiro atoms. The van der Waals surface area contributed by atoms with Crippen molar-refractivity contribution < 1.29 is 0 Å². The molecule has 1 fully saturated rings. The third-order valence-electron chi connectivity index (χ3n) is 3.81. The van der Waals surface area contributed by atoms with Crippen molar-refractivity contribution >= 4 is 0 Å². The van der Waals surface area contributed by atoms with E-state index in [-0.39, 0.29) is 0 Å². The predicted octanol–water partition coefficient (Wildman–Crippen LogP) is 1.79. The SMILES string of the molecule is CCCC(CC)NCCCN1CCN(C)CC1. The van der Waals surface area contributed by atoms with Crippen LogP contribution in [0.2, 0.25) is 0 Å². The molecule has 1 N–H and O–H groups in total. The molecule has 102 valence electrons. The van der Waals surface area contributed by atoms with Gasteiger partial charge in [0.1, 0.15) is 0 Å². The van der Waals surface area contributed by atoms with Crippen LogP contribution in [0.3, 0.4) is 0 Å². The van der Waals surface area contributed by atoms with Crippen LogP contribution in [-0.4, -0.2) is 62.2 Å². The Morgan fingerprint density at radius 3 is 2.41 bits per heavy atom. The monoisotopic (exact) mass is 241 g/mol. The van der Waals surface area contributed by atoms with Crippen molar-refractivity contribution in [3.05, 3.63) is 0 Å². The highest BCUT2D eigenvalue weighted by Crippen LogP contribution is 2.02. The minimum atomic E-state index is 0.743. The van der Waals surface area contributed by atoms with Gasteiger partial charge in [-0.15, -0.1) is 0 Å². The second-order valence-corrected chi connectivity index (χ2v) is 5.35. The first-order valence-electron chi connectivity index (χ1n) is 7.40. The topological polar surface area (TPSA) is 18.5 Å². The zero-order valence-electron chi connectivity index (χ0n) is 12.0. The van der Waals surface area contributed by atoms with E-state index in [1.165, 1.54) is 65.0 Å². The van der Waals surface area contributed by atoms with Gasteiger partial charge < -0.3 is 15.1 Å². The standard InChI is InChI=1S/C14H31N3/c1-4-7-14(5-2)15-8-6-9-17-12-10-16(3)11-13-17/h14-15H,4-13H2,1-3H3. The Morgan fingerprint density at radius 1 is 1.12 bits per heavy atom. The summed E-state index contributed by atoms with van der Waals surface area (Å²) in [5.74, 6) is 0. The second kappa shape index (κ2) is 8.90. The molecule has 0 amide bonds. The summed E-state index contributed by atoms with van der Waals surface area (Å²) >= 11 is 0. The van der Waals surface area contributed by atoms with Crippen molar-refractivity contribution in [3.63, 3.8) is 0 Å². The number of likely N-dealkylation sites (N-methyl/N-ethyl adjacent to an activating group) is 1. The van der Waals surface area contributed by atoms with Gasteiger partial charge >= 0.3 is 0 Å². The molecule has 1 atom stereocenters. The molecule has 3 nitrogen and oxygen atoms in total. The minimum absolute atomic E-state index is 0.743. The molecule has 17 heavy (non-hydrogen) atoms. The maximum atomic E-state index is 3.68. The third kappa shape index (κ3) is 6.39. The van der Waals surface area contributed by atoms with Gasteiger partial charge in [-0.1, -0.05) is 20.3 Å². The molecule has 1 unspecified atom stereocenters. The van der Waals surface area contributed by atoms with Gasteiger partial charge in [-0.2, -0.15) is 0 Å². The van der Waals surface area contributed by atoms with Crippen LogP contribution in [0.5, 0.6) is 0 Å². The largest absolute Gasteiger partial charge is 0.314 e. The van der Waals surface area contributed by atoms with Crippen LogP contribution in [-0.2, 0) is 0 Å². The molecule has 1 heterocycles. The first-order valence-corrected chi connectivity index (χ1v) is 7.40. The fraction of sp³-hybridized carbons (Fsp3) is 1.00. The zero-order valence-corrected chi connectivity index (χ0v) is 12.0. The van der Waals surface area contributed by atoms with E-state index < -0.39 is 0 Å². The van der Waals surface area contributed by atoms with Crippen LogP contribution >= 0.6 is 0 Å². The summed E-state index contributed by atoms with van der Waals surface area (Å²) in [7, 11) is 2.22. The van der Waals surface area contributed by atoms with Gasteiger partial charge in [0.2, 0.25) is 0 Å². The molecule has 0 aromatic heterocycles. The van der Waals surface area contributed by atoms with Crippen LogP contribution in [0.4, 0.5) is 0 Å². The minimum Gasteiger partial charge on any atom is -0.314 e. The van der Waals surface area contributed by atoms with Crippen molar-refractivity contribution in [2.45, 2.75) is 45.6 Å². The fourth-order valence-corrected chi connectivity index (χ4v) is 2.48. The van der Waals surface area contributed by atoms with Crippen LogP contribution < -0.4 is 5.32 Å². The summed E-state index contributed by atoms with van der Waals surface area (Å²) in [6.45, 7) is 12.0. The van der Waals surface area contributed by atoms with E-state index in [9.17, 15) is 0 Å². The van der Waals surface area contributed by atoms with Gasteiger partial charge in [0.15, 0.2) is 0 Å². The van der Waals surface area contributed by atoms with Crippen molar-refractivity contribution in [1.29, 1.82) is 0 Å². The van der Waals surface area contributed by atoms with E-state index in [1.54, 1.807) is 0 Å². The number of hydrogen-bond acceptors (Lipinski definition) is 3. The van der Waals surface area contributed by atoms with E-state index in [0.717, 1.165) is 6.04 Å². The average molecular weight is 241 g/mol. The molecular formula is C14H31N3. The molecule has 0 radical (unpaired) electrons. The predicted molar refractivity (Wildman–Crippen MR) is 75.5 cm³/mol. The highest BCUT2D eigenvalue weighted by Gasteiger charge is 2.12. The van der Waals surface area contributed by atoms with Crippen molar-refractivity contribution in [2.24, 2.45) is 0 Å². The summed E-state index contributed by atoms with van der Waals surface area (Å²) in [4.78, 5) is 5.02. The summed E-state index contributed by atoms with van der Waals surface area (Å²) in [5, 5.41) is 3.68. The van der Waals surface area contributed by atoms with Crippen LogP contribution in [0.25, 0.3) is 0 Å². The fourth-order valence-electron chi connectivity index (χ4n) is 2.48. The highest BCUT2D eigenvalue weighted by atomic mass is 15.2. The molecule has 1 saturated heterocycles. The van der Waals surface area contributed by atoms with E-state index in [0.29, 0.717) is 0 Å². The Balaban J connectivity index is 1.99. The number of hydrogen-bond donors (Lipinski definition) is 1. The number of nitrogens with zero attached hydrogens (tertiary/aromatic N) is 2. The van der Waals surface area contributed by atoms with Crippen LogP contribution in [0.15, 0.2) is 0 Å². The Bertz CT molecular complexity index is 176. The summed E-state index contributed by atoms with van der Waals surface area (Å²) < 4.78 is 0. The third-order valence-corrected chi connectivity index (χ3v) is 3.81. The van der Waals surface area contributed by atoms with Crippen LogP contribution in [0.1, 0.15) is 39.5 Å². The summed E-state index contributed by atoms with van der Waals surface area (Å²) in [6.07, 6.45) is 5.18. The Labute approximate surface area is 108 Å². The Hall–Kier alpha value is -0.120. The van der Waals surface area contributed by atoms with Gasteiger partial charge in [0, 0.05) is 32.2 Å². The lowest BCUT2D eigenvalue weighted by Gasteiger charge is -2.32. The van der Waals surface area contributed by atoms with Crippen molar-refractivity contribution in [3.8, 4) is 0 Å². The molecule has 3 heteroatoms. The highest BCUT2D eigenvalue weighted by molar-refractivity contribution is 4.70. The molecular weight excluding hydrogens is 210 g/mol. The summed E-state index contributed by atoms with van der Waals surface area (Å²) in [6, 6.07) is 0.743. The van der Waals surface area contributed by atoms with Crippen molar-refractivity contribution in [2.75, 3.05) is 46.3 Å². The molecule has 0 bridgehead atoms. The lowest BCUT2D eigenvalue weighted by atomic mass is 10.1. The van der Waals surface area contributed by atoms with E-state index >= 15 is 0 Å². The Morgan fingerprint density at radius 2 is 1.82 bits per heavy atom. The maximum Gasteiger partial charge on any atom is 0.0110 e. The van der Waals surface area contributed by atoms with E-state index in [1.807, 2.05) is 0 Å². The zero-order chi connectivity index (χ0) is 12.5. The molecule has 0 aliphatic carbocycles. The van der Waals surface area contributed by atoms with E-state index in [4.69, 9.17) is 0 Å². The van der Waals surface area contributed by atoms with Gasteiger partial charge in [0.05, 0.1) is 0 Å². The lowest BCUT2D eigenvalue weighted by molar-refractivity contribution is 0.152. The number of nitrogens with one attached hydrogen (secondary N) is 1. The van der Waals surface area contributed by atoms with E-state index in [2.05, 4.69) is 36.0 Å². The quantitative estimate of drug-likeness (QED) is 0.654. The lowest BCUT2D eigenvalue weighted by Crippen LogP contribution is -2.45. The van der Waals surface area contributed by atoms with Gasteiger partial charge in [-0.3, -0.25) is 0 Å². The molecule has 1 aliphatic heterocycles. The maximum absolute atomic E-state index is 3.68. The number of piperazine rings is 1. The molecule has 0 aromatic rings. The van der Waals surface area contributed by atoms with Crippen molar-refractivity contribution in [1.82, 2.24) is 15.1 Å². The molecule has 0 aromatic carbocycles. The van der Waals surface area contributed by atoms with Gasteiger partial charge in [-0.25, -0.2) is 0 Å². The molecule has 1 aliphatic rings. The van der Waals surface area contributed by atoms with Gasteiger partial charge in [-0.05, 0) is 39.4 Å². The Kier molecular flexibility index (Phi) is 7.82. The summed E-state index contributed by atoms with van der Waals surface area (Å²) in [5.41, 5.74) is 0. The first-order chi connectivity index (χ1) is 8.26. The second-order valence-electron chi connectivity index (χ2n) is 5.35. The number of rotatable bonds is 8. The van der Waals surface area contributed by atoms with Gasteiger partial charge in [0.25, 0.3) is 0 Å². The normalized spacial score (nSPS) is 20.6. The average Bonchev–Trinajstić information content (AvgIpc) is 2.35. The first kappa shape index (κ1) is 14.9. The smallest absolute Gasteiger partial charge is 0.0110 e. The van der Waals surface area contributed by atoms with Crippen LogP contribution in [0, 0.1) is 0 Å².